The number of halogens is 1. The van der Waals surface area contributed by atoms with Crippen molar-refractivity contribution in [3.8, 4) is 0 Å². The molecule has 3 N–H and O–H groups in total. The Labute approximate surface area is 122 Å². The molecule has 21 heavy (non-hydrogen) atoms. The molecule has 0 amide bonds. The van der Waals surface area contributed by atoms with Crippen LogP contribution in [-0.4, -0.2) is 4.98 Å². The second-order valence-corrected chi connectivity index (χ2v) is 5.00. The lowest BCUT2D eigenvalue weighted by Gasteiger charge is -2.18. The predicted octanol–water partition coefficient (Wildman–Crippen LogP) is 3.24. The first-order valence-electron chi connectivity index (χ1n) is 6.77. The zero-order chi connectivity index (χ0) is 14.8. The molecule has 0 aliphatic rings. The Morgan fingerprint density at radius 2 is 1.81 bits per heavy atom. The normalized spacial score (nSPS) is 12.5. The summed E-state index contributed by atoms with van der Waals surface area (Å²) in [7, 11) is 0. The zero-order valence-corrected chi connectivity index (χ0v) is 11.7. The molecule has 3 nitrogen and oxygen atoms in total. The first-order chi connectivity index (χ1) is 10.2. The fourth-order valence-electron chi connectivity index (χ4n) is 2.57. The van der Waals surface area contributed by atoms with Crippen LogP contribution in [0.25, 0.3) is 10.9 Å². The smallest absolute Gasteiger partial charge is 0.128 e. The highest BCUT2D eigenvalue weighted by molar-refractivity contribution is 5.82. The van der Waals surface area contributed by atoms with Crippen LogP contribution in [0.2, 0.25) is 0 Å². The molecule has 2 aromatic carbocycles. The summed E-state index contributed by atoms with van der Waals surface area (Å²) >= 11 is 0. The number of rotatable bonds is 3. The first-order valence-corrected chi connectivity index (χ1v) is 6.77. The summed E-state index contributed by atoms with van der Waals surface area (Å²) in [5.41, 5.74) is 5.83. The standard InChI is InChI=1S/C17H16FN3/c1-11-10-16(20-15-9-5-3-6-12(11)15)17(21-19)13-7-2-4-8-14(13)18/h2-10,17,21H,19H2,1H3. The van der Waals surface area contributed by atoms with Crippen molar-refractivity contribution in [3.05, 3.63) is 77.2 Å². The van der Waals surface area contributed by atoms with Crippen LogP contribution in [0, 0.1) is 12.7 Å². The van der Waals surface area contributed by atoms with Gasteiger partial charge in [-0.3, -0.25) is 10.8 Å². The highest BCUT2D eigenvalue weighted by Gasteiger charge is 2.18. The molecule has 1 unspecified atom stereocenters. The van der Waals surface area contributed by atoms with Gasteiger partial charge in [0.05, 0.1) is 17.3 Å². The summed E-state index contributed by atoms with van der Waals surface area (Å²) in [4.78, 5) is 4.62. The van der Waals surface area contributed by atoms with E-state index in [2.05, 4.69) is 10.4 Å². The largest absolute Gasteiger partial charge is 0.271 e. The Morgan fingerprint density at radius 1 is 1.10 bits per heavy atom. The molecular formula is C17H16FN3. The molecule has 1 atom stereocenters. The monoisotopic (exact) mass is 281 g/mol. The molecule has 0 spiro atoms. The third kappa shape index (κ3) is 2.51. The number of hydrogen-bond donors (Lipinski definition) is 2. The summed E-state index contributed by atoms with van der Waals surface area (Å²) in [5, 5.41) is 1.09. The Hall–Kier alpha value is -2.30. The van der Waals surface area contributed by atoms with Crippen LogP contribution in [-0.2, 0) is 0 Å². The van der Waals surface area contributed by atoms with Crippen LogP contribution in [0.1, 0.15) is 22.9 Å². The Morgan fingerprint density at radius 3 is 2.57 bits per heavy atom. The van der Waals surface area contributed by atoms with Crippen molar-refractivity contribution >= 4 is 10.9 Å². The number of aryl methyl sites for hydroxylation is 1. The number of nitrogens with one attached hydrogen (secondary N) is 1. The molecule has 0 bridgehead atoms. The SMILES string of the molecule is Cc1cc(C(NN)c2ccccc2F)nc2ccccc12. The number of benzene rings is 2. The van der Waals surface area contributed by atoms with E-state index in [0.29, 0.717) is 11.3 Å². The van der Waals surface area contributed by atoms with Crippen LogP contribution in [0.4, 0.5) is 4.39 Å². The summed E-state index contributed by atoms with van der Waals surface area (Å²) in [6.07, 6.45) is 0. The Balaban J connectivity index is 2.16. The molecule has 0 radical (unpaired) electrons. The van der Waals surface area contributed by atoms with Gasteiger partial charge in [-0.15, -0.1) is 0 Å². The van der Waals surface area contributed by atoms with Crippen molar-refractivity contribution in [3.63, 3.8) is 0 Å². The van der Waals surface area contributed by atoms with Gasteiger partial charge < -0.3 is 0 Å². The molecule has 1 aromatic heterocycles. The molecule has 0 saturated heterocycles. The summed E-state index contributed by atoms with van der Waals surface area (Å²) in [6, 6.07) is 15.9. The summed E-state index contributed by atoms with van der Waals surface area (Å²) in [6.45, 7) is 2.02. The van der Waals surface area contributed by atoms with Gasteiger partial charge in [-0.05, 0) is 30.7 Å². The third-order valence-corrected chi connectivity index (χ3v) is 3.62. The van der Waals surface area contributed by atoms with Gasteiger partial charge >= 0.3 is 0 Å². The fourth-order valence-corrected chi connectivity index (χ4v) is 2.57. The molecule has 0 saturated carbocycles. The third-order valence-electron chi connectivity index (χ3n) is 3.62. The quantitative estimate of drug-likeness (QED) is 0.572. The number of aromatic nitrogens is 1. The van der Waals surface area contributed by atoms with Crippen molar-refractivity contribution in [1.82, 2.24) is 10.4 Å². The van der Waals surface area contributed by atoms with Crippen LogP contribution >= 0.6 is 0 Å². The molecule has 4 heteroatoms. The molecule has 0 aliphatic heterocycles. The summed E-state index contributed by atoms with van der Waals surface area (Å²) in [5.74, 6) is 5.35. The van der Waals surface area contributed by atoms with Crippen molar-refractivity contribution in [1.29, 1.82) is 0 Å². The van der Waals surface area contributed by atoms with Gasteiger partial charge in [0.25, 0.3) is 0 Å². The maximum atomic E-state index is 14.0. The average molecular weight is 281 g/mol. The van der Waals surface area contributed by atoms with Crippen molar-refractivity contribution in [2.45, 2.75) is 13.0 Å². The predicted molar refractivity (Wildman–Crippen MR) is 82.0 cm³/mol. The number of pyridine rings is 1. The molecule has 3 rings (SSSR count). The van der Waals surface area contributed by atoms with Gasteiger partial charge in [0, 0.05) is 10.9 Å². The second-order valence-electron chi connectivity index (χ2n) is 5.00. The van der Waals surface area contributed by atoms with E-state index >= 15 is 0 Å². The highest BCUT2D eigenvalue weighted by atomic mass is 19.1. The fraction of sp³-hybridized carbons (Fsp3) is 0.118. The summed E-state index contributed by atoms with van der Waals surface area (Å²) < 4.78 is 14.0. The minimum atomic E-state index is -0.477. The van der Waals surface area contributed by atoms with Crippen LogP contribution in [0.5, 0.6) is 0 Å². The average Bonchev–Trinajstić information content (AvgIpc) is 2.50. The van der Waals surface area contributed by atoms with Crippen molar-refractivity contribution in [2.24, 2.45) is 5.84 Å². The molecule has 1 heterocycles. The lowest BCUT2D eigenvalue weighted by Crippen LogP contribution is -2.30. The molecule has 3 aromatic rings. The van der Waals surface area contributed by atoms with E-state index in [9.17, 15) is 4.39 Å². The maximum Gasteiger partial charge on any atom is 0.128 e. The van der Waals surface area contributed by atoms with Gasteiger partial charge in [0.1, 0.15) is 5.82 Å². The molecule has 0 aliphatic carbocycles. The van der Waals surface area contributed by atoms with Gasteiger partial charge in [0.2, 0.25) is 0 Å². The van der Waals surface area contributed by atoms with E-state index in [1.54, 1.807) is 18.2 Å². The number of nitrogens with zero attached hydrogens (tertiary/aromatic N) is 1. The van der Waals surface area contributed by atoms with Crippen LogP contribution in [0.15, 0.2) is 54.6 Å². The van der Waals surface area contributed by atoms with E-state index < -0.39 is 6.04 Å². The minimum absolute atomic E-state index is 0.298. The van der Waals surface area contributed by atoms with E-state index in [1.165, 1.54) is 6.07 Å². The lowest BCUT2D eigenvalue weighted by molar-refractivity contribution is 0.554. The van der Waals surface area contributed by atoms with Crippen LogP contribution < -0.4 is 11.3 Å². The van der Waals surface area contributed by atoms with Crippen LogP contribution in [0.3, 0.4) is 0 Å². The van der Waals surface area contributed by atoms with Gasteiger partial charge in [-0.25, -0.2) is 9.82 Å². The molecule has 106 valence electrons. The first kappa shape index (κ1) is 13.7. The minimum Gasteiger partial charge on any atom is -0.271 e. The number of hydrogen-bond acceptors (Lipinski definition) is 3. The molecular weight excluding hydrogens is 265 g/mol. The number of para-hydroxylation sites is 1. The van der Waals surface area contributed by atoms with Crippen molar-refractivity contribution in [2.75, 3.05) is 0 Å². The van der Waals surface area contributed by atoms with E-state index in [0.717, 1.165) is 16.5 Å². The Bertz CT molecular complexity index is 786. The van der Waals surface area contributed by atoms with E-state index in [1.807, 2.05) is 37.3 Å². The van der Waals surface area contributed by atoms with E-state index in [4.69, 9.17) is 5.84 Å². The van der Waals surface area contributed by atoms with Gasteiger partial charge in [0.15, 0.2) is 0 Å². The van der Waals surface area contributed by atoms with Gasteiger partial charge in [-0.2, -0.15) is 0 Å². The molecule has 0 fully saturated rings. The highest BCUT2D eigenvalue weighted by Crippen LogP contribution is 2.26. The zero-order valence-electron chi connectivity index (χ0n) is 11.7. The van der Waals surface area contributed by atoms with Gasteiger partial charge in [-0.1, -0.05) is 36.4 Å². The Kier molecular flexibility index (Phi) is 3.64. The maximum absolute atomic E-state index is 14.0. The lowest BCUT2D eigenvalue weighted by atomic mass is 10.00. The topological polar surface area (TPSA) is 50.9 Å². The second kappa shape index (κ2) is 5.60. The number of fused-ring (bicyclic) bond motifs is 1. The number of nitrogens with two attached hydrogens (primary N) is 1. The number of hydrazine groups is 1. The van der Waals surface area contributed by atoms with Crippen molar-refractivity contribution < 1.29 is 4.39 Å². The van der Waals surface area contributed by atoms with E-state index in [-0.39, 0.29) is 5.82 Å².